The highest BCUT2D eigenvalue weighted by Crippen LogP contribution is 2.13. The van der Waals surface area contributed by atoms with E-state index in [4.69, 9.17) is 4.74 Å². The minimum Gasteiger partial charge on any atom is -0.377 e. The molecule has 0 radical (unpaired) electrons. The molecule has 2 rings (SSSR count). The molecule has 1 fully saturated rings. The fourth-order valence-corrected chi connectivity index (χ4v) is 2.41. The second kappa shape index (κ2) is 7.40. The van der Waals surface area contributed by atoms with Crippen LogP contribution < -0.4 is 5.32 Å². The smallest absolute Gasteiger partial charge is 0.239 e. The largest absolute Gasteiger partial charge is 0.377 e. The Labute approximate surface area is 120 Å². The number of hydrogen-bond acceptors (Lipinski definition) is 4. The Morgan fingerprint density at radius 3 is 3.05 bits per heavy atom. The summed E-state index contributed by atoms with van der Waals surface area (Å²) < 4.78 is 7.39. The Morgan fingerprint density at radius 1 is 1.60 bits per heavy atom. The molecular weight excluding hydrogens is 256 g/mol. The molecule has 0 spiro atoms. The van der Waals surface area contributed by atoms with Gasteiger partial charge in [-0.15, -0.1) is 0 Å². The monoisotopic (exact) mass is 280 g/mol. The Balaban J connectivity index is 1.78. The molecule has 0 aliphatic carbocycles. The molecule has 1 aromatic heterocycles. The highest BCUT2D eigenvalue weighted by molar-refractivity contribution is 5.91. The van der Waals surface area contributed by atoms with E-state index in [9.17, 15) is 4.79 Å². The van der Waals surface area contributed by atoms with Crippen LogP contribution in [0.25, 0.3) is 0 Å². The molecule has 1 amide bonds. The molecule has 1 aliphatic heterocycles. The van der Waals surface area contributed by atoms with Crippen molar-refractivity contribution >= 4 is 11.7 Å². The van der Waals surface area contributed by atoms with Crippen molar-refractivity contribution in [3.05, 3.63) is 12.3 Å². The lowest BCUT2D eigenvalue weighted by Gasteiger charge is -2.28. The molecule has 6 heteroatoms. The number of hydrogen-bond donors (Lipinski definition) is 1. The van der Waals surface area contributed by atoms with Crippen LogP contribution in [-0.2, 0) is 16.6 Å². The number of nitrogens with zero attached hydrogens (tertiary/aromatic N) is 3. The van der Waals surface area contributed by atoms with E-state index in [1.54, 1.807) is 10.7 Å². The van der Waals surface area contributed by atoms with Gasteiger partial charge in [-0.3, -0.25) is 14.4 Å². The van der Waals surface area contributed by atoms with Crippen LogP contribution in [0.3, 0.4) is 0 Å². The van der Waals surface area contributed by atoms with Gasteiger partial charge in [-0.25, -0.2) is 0 Å². The maximum absolute atomic E-state index is 12.0. The maximum atomic E-state index is 12.0. The summed E-state index contributed by atoms with van der Waals surface area (Å²) in [7, 11) is 1.83. The Kier molecular flexibility index (Phi) is 5.55. The number of amides is 1. The second-order valence-electron chi connectivity index (χ2n) is 5.24. The van der Waals surface area contributed by atoms with E-state index in [1.165, 1.54) is 6.42 Å². The lowest BCUT2D eigenvalue weighted by molar-refractivity contribution is -0.117. The van der Waals surface area contributed by atoms with Crippen molar-refractivity contribution in [3.63, 3.8) is 0 Å². The van der Waals surface area contributed by atoms with Crippen molar-refractivity contribution in [2.45, 2.75) is 32.3 Å². The Bertz CT molecular complexity index is 427. The van der Waals surface area contributed by atoms with Gasteiger partial charge in [0.2, 0.25) is 5.91 Å². The molecule has 0 saturated carbocycles. The normalized spacial score (nSPS) is 19.2. The number of aryl methyl sites for hydroxylation is 1. The average Bonchev–Trinajstić information content (AvgIpc) is 2.84. The van der Waals surface area contributed by atoms with Gasteiger partial charge in [0.1, 0.15) is 0 Å². The molecule has 6 nitrogen and oxygen atoms in total. The van der Waals surface area contributed by atoms with Gasteiger partial charge in [0.15, 0.2) is 5.82 Å². The molecule has 1 atom stereocenters. The van der Waals surface area contributed by atoms with Crippen LogP contribution in [0.2, 0.25) is 0 Å². The first kappa shape index (κ1) is 15.0. The van der Waals surface area contributed by atoms with Crippen molar-refractivity contribution in [2.75, 3.05) is 31.6 Å². The predicted molar refractivity (Wildman–Crippen MR) is 77.5 cm³/mol. The molecule has 1 aromatic rings. The average molecular weight is 280 g/mol. The van der Waals surface area contributed by atoms with E-state index >= 15 is 0 Å². The van der Waals surface area contributed by atoms with Crippen molar-refractivity contribution in [1.82, 2.24) is 14.7 Å². The molecule has 2 heterocycles. The summed E-state index contributed by atoms with van der Waals surface area (Å²) in [5.74, 6) is 0.573. The summed E-state index contributed by atoms with van der Waals surface area (Å²) in [6.45, 7) is 4.97. The van der Waals surface area contributed by atoms with Crippen LogP contribution in [0.5, 0.6) is 0 Å². The van der Waals surface area contributed by atoms with Crippen LogP contribution >= 0.6 is 0 Å². The second-order valence-corrected chi connectivity index (χ2v) is 5.24. The van der Waals surface area contributed by atoms with Crippen molar-refractivity contribution in [3.8, 4) is 0 Å². The predicted octanol–water partition coefficient (Wildman–Crippen LogP) is 1.25. The zero-order chi connectivity index (χ0) is 14.4. The van der Waals surface area contributed by atoms with Gasteiger partial charge in [-0.05, 0) is 25.8 Å². The number of anilines is 1. The third kappa shape index (κ3) is 4.61. The summed E-state index contributed by atoms with van der Waals surface area (Å²) in [5.41, 5.74) is 0. The fourth-order valence-electron chi connectivity index (χ4n) is 2.41. The summed E-state index contributed by atoms with van der Waals surface area (Å²) in [5, 5.41) is 6.95. The van der Waals surface area contributed by atoms with E-state index < -0.39 is 0 Å². The Morgan fingerprint density at radius 2 is 2.45 bits per heavy atom. The Hall–Kier alpha value is -1.40. The standard InChI is InChI=1S/C14H24N4O2/c1-3-18(10-12-6-4-5-9-20-12)11-14(19)15-13-7-8-17(2)16-13/h7-8,12H,3-6,9-11H2,1-2H3,(H,15,16,19). The lowest BCUT2D eigenvalue weighted by atomic mass is 10.1. The van der Waals surface area contributed by atoms with Crippen LogP contribution in [0.1, 0.15) is 26.2 Å². The number of ether oxygens (including phenoxy) is 1. The van der Waals surface area contributed by atoms with Gasteiger partial charge < -0.3 is 10.1 Å². The molecule has 0 bridgehead atoms. The van der Waals surface area contributed by atoms with Gasteiger partial charge >= 0.3 is 0 Å². The van der Waals surface area contributed by atoms with Crippen molar-refractivity contribution in [2.24, 2.45) is 7.05 Å². The number of nitrogens with one attached hydrogen (secondary N) is 1. The topological polar surface area (TPSA) is 59.4 Å². The molecular formula is C14H24N4O2. The first-order chi connectivity index (χ1) is 9.67. The number of aromatic nitrogens is 2. The summed E-state index contributed by atoms with van der Waals surface area (Å²) in [6.07, 6.45) is 5.55. The zero-order valence-corrected chi connectivity index (χ0v) is 12.3. The van der Waals surface area contributed by atoms with Gasteiger partial charge in [-0.2, -0.15) is 5.10 Å². The van der Waals surface area contributed by atoms with Crippen LogP contribution in [0.15, 0.2) is 12.3 Å². The minimum absolute atomic E-state index is 0.0265. The molecule has 112 valence electrons. The van der Waals surface area contributed by atoms with Gasteiger partial charge in [0.05, 0.1) is 12.6 Å². The van der Waals surface area contributed by atoms with E-state index in [0.29, 0.717) is 12.4 Å². The van der Waals surface area contributed by atoms with Gasteiger partial charge in [0, 0.05) is 32.5 Å². The number of rotatable bonds is 6. The number of carbonyl (C=O) groups excluding carboxylic acids is 1. The van der Waals surface area contributed by atoms with Crippen LogP contribution in [0, 0.1) is 0 Å². The first-order valence-electron chi connectivity index (χ1n) is 7.31. The maximum Gasteiger partial charge on any atom is 0.239 e. The lowest BCUT2D eigenvalue weighted by Crippen LogP contribution is -2.40. The molecule has 0 aromatic carbocycles. The van der Waals surface area contributed by atoms with E-state index in [1.807, 2.05) is 13.2 Å². The SMILES string of the molecule is CCN(CC(=O)Nc1ccn(C)n1)CC1CCCCO1. The van der Waals surface area contributed by atoms with E-state index in [-0.39, 0.29) is 12.0 Å². The molecule has 1 saturated heterocycles. The van der Waals surface area contributed by atoms with E-state index in [0.717, 1.165) is 32.5 Å². The third-order valence-electron chi connectivity index (χ3n) is 3.53. The van der Waals surface area contributed by atoms with Gasteiger partial charge in [0.25, 0.3) is 0 Å². The number of likely N-dealkylation sites (N-methyl/N-ethyl adjacent to an activating group) is 1. The molecule has 20 heavy (non-hydrogen) atoms. The van der Waals surface area contributed by atoms with Crippen LogP contribution in [-0.4, -0.2) is 52.9 Å². The minimum atomic E-state index is -0.0265. The molecule has 1 N–H and O–H groups in total. The summed E-state index contributed by atoms with van der Waals surface area (Å²) >= 11 is 0. The van der Waals surface area contributed by atoms with E-state index in [2.05, 4.69) is 22.2 Å². The summed E-state index contributed by atoms with van der Waals surface area (Å²) in [4.78, 5) is 14.1. The van der Waals surface area contributed by atoms with Crippen molar-refractivity contribution < 1.29 is 9.53 Å². The fraction of sp³-hybridized carbons (Fsp3) is 0.714. The highest BCUT2D eigenvalue weighted by Gasteiger charge is 2.18. The zero-order valence-electron chi connectivity index (χ0n) is 12.3. The quantitative estimate of drug-likeness (QED) is 0.852. The van der Waals surface area contributed by atoms with Crippen LogP contribution in [0.4, 0.5) is 5.82 Å². The third-order valence-corrected chi connectivity index (χ3v) is 3.53. The number of carbonyl (C=O) groups is 1. The first-order valence-corrected chi connectivity index (χ1v) is 7.31. The summed E-state index contributed by atoms with van der Waals surface area (Å²) in [6, 6.07) is 1.79. The highest BCUT2D eigenvalue weighted by atomic mass is 16.5. The molecule has 1 unspecified atom stereocenters. The van der Waals surface area contributed by atoms with Gasteiger partial charge in [-0.1, -0.05) is 6.92 Å². The molecule has 1 aliphatic rings. The van der Waals surface area contributed by atoms with Crippen molar-refractivity contribution in [1.29, 1.82) is 0 Å².